The first-order valence-corrected chi connectivity index (χ1v) is 5.44. The van der Waals surface area contributed by atoms with Crippen molar-refractivity contribution in [3.05, 3.63) is 47.5 Å². The first kappa shape index (κ1) is 10.4. The van der Waals surface area contributed by atoms with E-state index in [9.17, 15) is 0 Å². The molecule has 0 unspecified atom stereocenters. The Morgan fingerprint density at radius 1 is 1.07 bits per heavy atom. The van der Waals surface area contributed by atoms with Gasteiger partial charge in [-0.3, -0.25) is 4.90 Å². The van der Waals surface area contributed by atoms with Crippen LogP contribution in [0.3, 0.4) is 0 Å². The Balaban J connectivity index is 1.95. The highest BCUT2D eigenvalue weighted by Gasteiger charge is 2.06. The molecule has 2 nitrogen and oxygen atoms in total. The average Bonchev–Trinajstić information content (AvgIpc) is 2.31. The summed E-state index contributed by atoms with van der Waals surface area (Å²) < 4.78 is 0. The second-order valence-electron chi connectivity index (χ2n) is 3.97. The lowest BCUT2D eigenvalue weighted by Gasteiger charge is -2.22. The number of aliphatic hydroxyl groups is 1. The van der Waals surface area contributed by atoms with Crippen molar-refractivity contribution in [3.63, 3.8) is 0 Å². The summed E-state index contributed by atoms with van der Waals surface area (Å²) in [6.45, 7) is 3.35. The molecule has 0 aliphatic carbocycles. The van der Waals surface area contributed by atoms with E-state index in [0.29, 0.717) is 0 Å². The summed E-state index contributed by atoms with van der Waals surface area (Å²) in [5.74, 6) is 0. The van der Waals surface area contributed by atoms with Crippen LogP contribution >= 0.6 is 0 Å². The van der Waals surface area contributed by atoms with E-state index in [1.165, 1.54) is 5.56 Å². The van der Waals surface area contributed by atoms with Crippen LogP contribution in [0.1, 0.15) is 17.5 Å². The molecule has 80 valence electrons. The molecule has 2 rings (SSSR count). The lowest BCUT2D eigenvalue weighted by Crippen LogP contribution is -2.26. The van der Waals surface area contributed by atoms with Crippen LogP contribution in [0.2, 0.25) is 0 Å². The summed E-state index contributed by atoms with van der Waals surface area (Å²) in [5, 5.41) is 8.93. The van der Waals surface area contributed by atoms with E-state index in [-0.39, 0.29) is 6.61 Å². The van der Waals surface area contributed by atoms with Gasteiger partial charge in [0.1, 0.15) is 0 Å². The number of hydrogen-bond donors (Lipinski definition) is 1. The Labute approximate surface area is 90.8 Å². The van der Waals surface area contributed by atoms with Crippen molar-refractivity contribution in [2.45, 2.75) is 19.6 Å². The molecule has 1 aromatic rings. The zero-order chi connectivity index (χ0) is 10.5. The van der Waals surface area contributed by atoms with E-state index in [1.54, 1.807) is 0 Å². The van der Waals surface area contributed by atoms with Gasteiger partial charge in [-0.25, -0.2) is 0 Å². The van der Waals surface area contributed by atoms with Crippen LogP contribution < -0.4 is 0 Å². The van der Waals surface area contributed by atoms with Crippen molar-refractivity contribution in [2.75, 3.05) is 13.1 Å². The average molecular weight is 203 g/mol. The fraction of sp³-hybridized carbons (Fsp3) is 0.385. The first-order chi connectivity index (χ1) is 7.38. The van der Waals surface area contributed by atoms with E-state index in [0.717, 1.165) is 31.6 Å². The molecule has 15 heavy (non-hydrogen) atoms. The second-order valence-corrected chi connectivity index (χ2v) is 3.97. The SMILES string of the molecule is OCc1ccc(CN2CC=CCC2)cc1. The highest BCUT2D eigenvalue weighted by atomic mass is 16.3. The van der Waals surface area contributed by atoms with Gasteiger partial charge in [0.2, 0.25) is 0 Å². The van der Waals surface area contributed by atoms with Crippen LogP contribution in [0.15, 0.2) is 36.4 Å². The molecule has 1 heterocycles. The number of hydrogen-bond acceptors (Lipinski definition) is 2. The van der Waals surface area contributed by atoms with Crippen molar-refractivity contribution in [2.24, 2.45) is 0 Å². The monoisotopic (exact) mass is 203 g/mol. The molecule has 1 N–H and O–H groups in total. The third-order valence-electron chi connectivity index (χ3n) is 2.75. The second kappa shape index (κ2) is 5.10. The van der Waals surface area contributed by atoms with Crippen LogP contribution in [0.5, 0.6) is 0 Å². The van der Waals surface area contributed by atoms with Gasteiger partial charge in [-0.2, -0.15) is 0 Å². The molecule has 2 heteroatoms. The maximum absolute atomic E-state index is 8.93. The molecule has 0 radical (unpaired) electrons. The minimum atomic E-state index is 0.132. The largest absolute Gasteiger partial charge is 0.392 e. The molecule has 0 bridgehead atoms. The van der Waals surface area contributed by atoms with E-state index in [4.69, 9.17) is 5.11 Å². The van der Waals surface area contributed by atoms with Gasteiger partial charge in [-0.1, -0.05) is 36.4 Å². The van der Waals surface area contributed by atoms with E-state index in [2.05, 4.69) is 29.2 Å². The highest BCUT2D eigenvalue weighted by molar-refractivity contribution is 5.22. The van der Waals surface area contributed by atoms with Crippen LogP contribution in [0.25, 0.3) is 0 Å². The molecule has 1 aromatic carbocycles. The summed E-state index contributed by atoms with van der Waals surface area (Å²) in [6, 6.07) is 8.19. The molecule has 1 aliphatic rings. The molecule has 0 saturated heterocycles. The fourth-order valence-corrected chi connectivity index (χ4v) is 1.84. The highest BCUT2D eigenvalue weighted by Crippen LogP contribution is 2.10. The minimum Gasteiger partial charge on any atom is -0.392 e. The maximum Gasteiger partial charge on any atom is 0.0681 e. The molecule has 0 spiro atoms. The molecular weight excluding hydrogens is 186 g/mol. The molecule has 0 atom stereocenters. The van der Waals surface area contributed by atoms with Gasteiger partial charge in [-0.05, 0) is 17.5 Å². The molecule has 0 saturated carbocycles. The van der Waals surface area contributed by atoms with Gasteiger partial charge in [0, 0.05) is 19.6 Å². The van der Waals surface area contributed by atoms with Crippen molar-refractivity contribution in [1.29, 1.82) is 0 Å². The molecular formula is C13H17NO. The van der Waals surface area contributed by atoms with Crippen molar-refractivity contribution in [1.82, 2.24) is 4.90 Å². The number of aliphatic hydroxyl groups excluding tert-OH is 1. The zero-order valence-electron chi connectivity index (χ0n) is 8.89. The topological polar surface area (TPSA) is 23.5 Å². The third-order valence-corrected chi connectivity index (χ3v) is 2.75. The normalized spacial score (nSPS) is 16.9. The molecule has 1 aliphatic heterocycles. The minimum absolute atomic E-state index is 0.132. The van der Waals surface area contributed by atoms with Crippen molar-refractivity contribution < 1.29 is 5.11 Å². The number of nitrogens with zero attached hydrogens (tertiary/aromatic N) is 1. The van der Waals surface area contributed by atoms with E-state index in [1.807, 2.05) is 12.1 Å². The van der Waals surface area contributed by atoms with Crippen molar-refractivity contribution in [3.8, 4) is 0 Å². The van der Waals surface area contributed by atoms with Gasteiger partial charge in [-0.15, -0.1) is 0 Å². The Bertz CT molecular complexity index is 329. The summed E-state index contributed by atoms with van der Waals surface area (Å²) in [5.41, 5.74) is 2.31. The summed E-state index contributed by atoms with van der Waals surface area (Å²) >= 11 is 0. The van der Waals surface area contributed by atoms with Crippen LogP contribution in [0.4, 0.5) is 0 Å². The van der Waals surface area contributed by atoms with Gasteiger partial charge in [0.25, 0.3) is 0 Å². The Morgan fingerprint density at radius 3 is 2.40 bits per heavy atom. The number of benzene rings is 1. The van der Waals surface area contributed by atoms with Crippen molar-refractivity contribution >= 4 is 0 Å². The van der Waals surface area contributed by atoms with Gasteiger partial charge >= 0.3 is 0 Å². The molecule has 0 amide bonds. The van der Waals surface area contributed by atoms with Crippen LogP contribution in [-0.4, -0.2) is 23.1 Å². The van der Waals surface area contributed by atoms with E-state index >= 15 is 0 Å². The number of rotatable bonds is 3. The first-order valence-electron chi connectivity index (χ1n) is 5.44. The quantitative estimate of drug-likeness (QED) is 0.759. The van der Waals surface area contributed by atoms with E-state index < -0.39 is 0 Å². The standard InChI is InChI=1S/C13H17NO/c15-11-13-6-4-12(5-7-13)10-14-8-2-1-3-9-14/h1-2,4-7,15H,3,8-11H2. The predicted octanol–water partition coefficient (Wildman–Crippen LogP) is 1.94. The lowest BCUT2D eigenvalue weighted by molar-refractivity contribution is 0.281. The van der Waals surface area contributed by atoms with Gasteiger partial charge in [0.15, 0.2) is 0 Å². The lowest BCUT2D eigenvalue weighted by atomic mass is 10.1. The Morgan fingerprint density at radius 2 is 1.80 bits per heavy atom. The summed E-state index contributed by atoms with van der Waals surface area (Å²) in [4.78, 5) is 2.42. The predicted molar refractivity (Wildman–Crippen MR) is 61.4 cm³/mol. The van der Waals surface area contributed by atoms with Crippen LogP contribution in [-0.2, 0) is 13.2 Å². The van der Waals surface area contributed by atoms with Gasteiger partial charge < -0.3 is 5.11 Å². The smallest absolute Gasteiger partial charge is 0.0681 e. The third kappa shape index (κ3) is 2.91. The van der Waals surface area contributed by atoms with Gasteiger partial charge in [0.05, 0.1) is 6.61 Å². The molecule has 0 aromatic heterocycles. The Kier molecular flexibility index (Phi) is 3.54. The fourth-order valence-electron chi connectivity index (χ4n) is 1.84. The zero-order valence-corrected chi connectivity index (χ0v) is 8.89. The Hall–Kier alpha value is -1.12. The van der Waals surface area contributed by atoms with Crippen LogP contribution in [0, 0.1) is 0 Å². The maximum atomic E-state index is 8.93. The molecule has 0 fully saturated rings. The summed E-state index contributed by atoms with van der Waals surface area (Å²) in [6.07, 6.45) is 5.63. The summed E-state index contributed by atoms with van der Waals surface area (Å²) in [7, 11) is 0.